The summed E-state index contributed by atoms with van der Waals surface area (Å²) in [4.78, 5) is 4.18. The summed E-state index contributed by atoms with van der Waals surface area (Å²) < 4.78 is 1.95. The first kappa shape index (κ1) is 9.49. The summed E-state index contributed by atoms with van der Waals surface area (Å²) in [5.41, 5.74) is 7.77. The van der Waals surface area contributed by atoms with Crippen LogP contribution >= 0.6 is 11.6 Å². The van der Waals surface area contributed by atoms with Crippen LogP contribution in [0.2, 0.25) is 5.15 Å². The Morgan fingerprint density at radius 1 is 1.57 bits per heavy atom. The van der Waals surface area contributed by atoms with E-state index in [1.165, 1.54) is 0 Å². The maximum absolute atomic E-state index is 5.98. The molecule has 0 amide bonds. The fourth-order valence-corrected chi connectivity index (χ4v) is 1.76. The zero-order chi connectivity index (χ0) is 10.3. The van der Waals surface area contributed by atoms with Crippen LogP contribution in [0.5, 0.6) is 0 Å². The lowest BCUT2D eigenvalue weighted by Gasteiger charge is -2.05. The smallest absolute Gasteiger partial charge is 0.155 e. The largest absolute Gasteiger partial charge is 0.324 e. The minimum Gasteiger partial charge on any atom is -0.324 e. The van der Waals surface area contributed by atoms with E-state index in [0.29, 0.717) is 5.15 Å². The summed E-state index contributed by atoms with van der Waals surface area (Å²) in [6.45, 7) is 3.87. The molecule has 4 heteroatoms. The van der Waals surface area contributed by atoms with Crippen LogP contribution in [0, 0.1) is 6.92 Å². The highest BCUT2D eigenvalue weighted by atomic mass is 35.5. The number of aryl methyl sites for hydroxylation is 1. The predicted molar refractivity (Wildman–Crippen MR) is 57.5 cm³/mol. The molecule has 2 rings (SSSR count). The van der Waals surface area contributed by atoms with Crippen molar-refractivity contribution >= 4 is 17.1 Å². The van der Waals surface area contributed by atoms with Crippen molar-refractivity contribution in [1.82, 2.24) is 9.38 Å². The van der Waals surface area contributed by atoms with Crippen LogP contribution in [0.15, 0.2) is 18.3 Å². The molecule has 1 atom stereocenters. The molecule has 2 N–H and O–H groups in total. The van der Waals surface area contributed by atoms with E-state index in [2.05, 4.69) is 4.98 Å². The summed E-state index contributed by atoms with van der Waals surface area (Å²) in [7, 11) is 0. The van der Waals surface area contributed by atoms with Crippen molar-refractivity contribution in [2.75, 3.05) is 0 Å². The molecule has 0 fully saturated rings. The van der Waals surface area contributed by atoms with Gasteiger partial charge in [-0.3, -0.25) is 0 Å². The van der Waals surface area contributed by atoms with E-state index in [0.717, 1.165) is 16.9 Å². The molecule has 0 aliphatic heterocycles. The highest BCUT2D eigenvalue weighted by Gasteiger charge is 2.07. The number of aromatic nitrogens is 2. The summed E-state index contributed by atoms with van der Waals surface area (Å²) >= 11 is 5.98. The Morgan fingerprint density at radius 3 is 2.93 bits per heavy atom. The van der Waals surface area contributed by atoms with Gasteiger partial charge in [0.15, 0.2) is 5.15 Å². The molecule has 0 aliphatic carbocycles. The number of nitrogens with two attached hydrogens (primary N) is 1. The molecule has 0 saturated carbocycles. The maximum Gasteiger partial charge on any atom is 0.155 e. The van der Waals surface area contributed by atoms with Crippen molar-refractivity contribution in [1.29, 1.82) is 0 Å². The second kappa shape index (κ2) is 3.26. The second-order valence-corrected chi connectivity index (χ2v) is 3.81. The van der Waals surface area contributed by atoms with Crippen LogP contribution in [0.3, 0.4) is 0 Å². The number of hydrogen-bond donors (Lipinski definition) is 1. The van der Waals surface area contributed by atoms with Gasteiger partial charge in [0, 0.05) is 12.2 Å². The quantitative estimate of drug-likeness (QED) is 0.784. The third-order valence-electron chi connectivity index (χ3n) is 2.32. The molecule has 1 unspecified atom stereocenters. The van der Waals surface area contributed by atoms with Crippen LogP contribution in [0.25, 0.3) is 5.52 Å². The van der Waals surface area contributed by atoms with Gasteiger partial charge in [-0.15, -0.1) is 0 Å². The molecule has 0 bridgehead atoms. The van der Waals surface area contributed by atoms with Crippen LogP contribution in [-0.2, 0) is 0 Å². The predicted octanol–water partition coefficient (Wildman–Crippen LogP) is 2.32. The summed E-state index contributed by atoms with van der Waals surface area (Å²) in [5.74, 6) is 0.890. The molecule has 2 aromatic rings. The Morgan fingerprint density at radius 2 is 2.29 bits per heavy atom. The molecular weight excluding hydrogens is 198 g/mol. The van der Waals surface area contributed by atoms with Crippen LogP contribution in [-0.4, -0.2) is 9.38 Å². The van der Waals surface area contributed by atoms with Crippen molar-refractivity contribution in [3.8, 4) is 0 Å². The molecule has 3 nitrogen and oxygen atoms in total. The van der Waals surface area contributed by atoms with E-state index in [-0.39, 0.29) is 6.04 Å². The monoisotopic (exact) mass is 209 g/mol. The minimum atomic E-state index is 0.0197. The molecule has 14 heavy (non-hydrogen) atoms. The molecular formula is C10H12ClN3. The van der Waals surface area contributed by atoms with Crippen molar-refractivity contribution < 1.29 is 0 Å². The maximum atomic E-state index is 5.98. The molecule has 2 aromatic heterocycles. The van der Waals surface area contributed by atoms with Gasteiger partial charge in [-0.1, -0.05) is 11.6 Å². The van der Waals surface area contributed by atoms with Crippen molar-refractivity contribution in [3.63, 3.8) is 0 Å². The normalized spacial score (nSPS) is 13.4. The second-order valence-electron chi connectivity index (χ2n) is 3.45. The van der Waals surface area contributed by atoms with Gasteiger partial charge < -0.3 is 10.1 Å². The van der Waals surface area contributed by atoms with Crippen molar-refractivity contribution in [2.24, 2.45) is 5.73 Å². The Bertz CT molecular complexity index is 473. The van der Waals surface area contributed by atoms with Crippen molar-refractivity contribution in [3.05, 3.63) is 34.9 Å². The average Bonchev–Trinajstić information content (AvgIpc) is 2.42. The Kier molecular flexibility index (Phi) is 2.21. The first-order valence-electron chi connectivity index (χ1n) is 4.49. The lowest BCUT2D eigenvalue weighted by Crippen LogP contribution is -2.05. The van der Waals surface area contributed by atoms with E-state index in [1.807, 2.05) is 36.6 Å². The van der Waals surface area contributed by atoms with E-state index >= 15 is 0 Å². The van der Waals surface area contributed by atoms with Crippen molar-refractivity contribution in [2.45, 2.75) is 19.9 Å². The highest BCUT2D eigenvalue weighted by molar-refractivity contribution is 6.32. The number of imidazole rings is 1. The van der Waals surface area contributed by atoms with Gasteiger partial charge in [0.05, 0.1) is 5.52 Å². The highest BCUT2D eigenvalue weighted by Crippen LogP contribution is 2.21. The van der Waals surface area contributed by atoms with Gasteiger partial charge in [-0.2, -0.15) is 0 Å². The Balaban J connectivity index is 2.71. The third kappa shape index (κ3) is 1.38. The molecule has 0 spiro atoms. The van der Waals surface area contributed by atoms with Gasteiger partial charge in [0.1, 0.15) is 5.82 Å². The number of pyridine rings is 1. The van der Waals surface area contributed by atoms with Gasteiger partial charge in [-0.05, 0) is 31.5 Å². The number of nitrogens with zero attached hydrogens (tertiary/aromatic N) is 2. The standard InChI is InChI=1S/C10H12ClN3/c1-6(12)8-3-4-14-7(2)13-10(11)9(14)5-8/h3-6H,12H2,1-2H3. The number of fused-ring (bicyclic) bond motifs is 1. The average molecular weight is 210 g/mol. The van der Waals surface area contributed by atoms with E-state index in [4.69, 9.17) is 17.3 Å². The molecule has 0 radical (unpaired) electrons. The summed E-state index contributed by atoms with van der Waals surface area (Å²) in [5, 5.41) is 0.532. The number of hydrogen-bond acceptors (Lipinski definition) is 2. The van der Waals surface area contributed by atoms with Gasteiger partial charge in [0.2, 0.25) is 0 Å². The molecule has 0 aliphatic rings. The van der Waals surface area contributed by atoms with Gasteiger partial charge in [-0.25, -0.2) is 4.98 Å². The van der Waals surface area contributed by atoms with Gasteiger partial charge in [0.25, 0.3) is 0 Å². The lowest BCUT2D eigenvalue weighted by atomic mass is 10.1. The fraction of sp³-hybridized carbons (Fsp3) is 0.300. The zero-order valence-electron chi connectivity index (χ0n) is 8.16. The van der Waals surface area contributed by atoms with E-state index < -0.39 is 0 Å². The summed E-state index contributed by atoms with van der Waals surface area (Å²) in [6.07, 6.45) is 1.95. The third-order valence-corrected chi connectivity index (χ3v) is 2.60. The fourth-order valence-electron chi connectivity index (χ4n) is 1.49. The Hall–Kier alpha value is -1.06. The lowest BCUT2D eigenvalue weighted by molar-refractivity contribution is 0.815. The van der Waals surface area contributed by atoms with Gasteiger partial charge >= 0.3 is 0 Å². The zero-order valence-corrected chi connectivity index (χ0v) is 8.92. The topological polar surface area (TPSA) is 43.3 Å². The van der Waals surface area contributed by atoms with Crippen LogP contribution < -0.4 is 5.73 Å². The first-order valence-corrected chi connectivity index (χ1v) is 4.87. The van der Waals surface area contributed by atoms with Crippen LogP contribution in [0.1, 0.15) is 24.4 Å². The molecule has 2 heterocycles. The first-order chi connectivity index (χ1) is 6.59. The SMILES string of the molecule is Cc1nc(Cl)c2cc(C(C)N)ccn12. The number of rotatable bonds is 1. The van der Waals surface area contributed by atoms with E-state index in [1.54, 1.807) is 0 Å². The van der Waals surface area contributed by atoms with E-state index in [9.17, 15) is 0 Å². The summed E-state index contributed by atoms with van der Waals surface area (Å²) in [6, 6.07) is 3.99. The molecule has 0 aromatic carbocycles. The van der Waals surface area contributed by atoms with Crippen LogP contribution in [0.4, 0.5) is 0 Å². The number of halogens is 1. The molecule has 74 valence electrons. The molecule has 0 saturated heterocycles. The Labute approximate surface area is 87.5 Å². The minimum absolute atomic E-state index is 0.0197.